The van der Waals surface area contributed by atoms with Gasteiger partial charge >= 0.3 is 18.1 Å². The molecule has 2 rings (SSSR count). The fourth-order valence-corrected chi connectivity index (χ4v) is 3.75. The molecule has 14 heteroatoms. The number of hydrogen-bond donors (Lipinski definition) is 2. The number of carbonyl (C=O) groups excluding carboxylic acids is 2. The summed E-state index contributed by atoms with van der Waals surface area (Å²) in [5.41, 5.74) is 0. The largest absolute Gasteiger partial charge is 0.495 e. The second-order valence-corrected chi connectivity index (χ2v) is 8.75. The van der Waals surface area contributed by atoms with Crippen molar-refractivity contribution in [2.45, 2.75) is 36.4 Å². The number of nitrogens with zero attached hydrogens (tertiary/aromatic N) is 1. The summed E-state index contributed by atoms with van der Waals surface area (Å²) in [6, 6.07) is 9.49. The number of hydrogen-bond acceptors (Lipinski definition) is 9. The highest BCUT2D eigenvalue weighted by Crippen LogP contribution is 2.19. The van der Waals surface area contributed by atoms with Crippen molar-refractivity contribution in [3.63, 3.8) is 0 Å². The van der Waals surface area contributed by atoms with Gasteiger partial charge < -0.3 is 10.1 Å². The van der Waals surface area contributed by atoms with Crippen molar-refractivity contribution < 1.29 is 45.7 Å². The second-order valence-electron chi connectivity index (χ2n) is 7.04. The summed E-state index contributed by atoms with van der Waals surface area (Å²) in [5.74, 6) is -1.26. The molecule has 2 aromatic rings. The molecule has 0 saturated heterocycles. The van der Waals surface area contributed by atoms with Crippen molar-refractivity contribution in [3.05, 3.63) is 48.7 Å². The van der Waals surface area contributed by atoms with Gasteiger partial charge in [0, 0.05) is 18.8 Å². The Morgan fingerprint density at radius 2 is 1.89 bits per heavy atom. The Balaban J connectivity index is 1.82. The van der Waals surface area contributed by atoms with E-state index in [-0.39, 0.29) is 10.6 Å². The SMILES string of the molecule is C#C[C@H](CC(=O)OOC(=O)C(F)(F)F)NS(=O)(=O)c1cccc(OCCCCNc2ccccn2)c1. The zero-order valence-corrected chi connectivity index (χ0v) is 19.5. The summed E-state index contributed by atoms with van der Waals surface area (Å²) in [6.07, 6.45) is 2.04. The predicted octanol–water partition coefficient (Wildman–Crippen LogP) is 2.59. The minimum Gasteiger partial charge on any atom is -0.494 e. The zero-order chi connectivity index (χ0) is 26.6. The van der Waals surface area contributed by atoms with E-state index < -0.39 is 40.6 Å². The number of anilines is 1. The molecule has 1 aromatic heterocycles. The fraction of sp³-hybridized carbons (Fsp3) is 0.318. The molecule has 36 heavy (non-hydrogen) atoms. The van der Waals surface area contributed by atoms with Crippen LogP contribution in [0.4, 0.5) is 19.0 Å². The molecule has 1 aromatic carbocycles. The minimum atomic E-state index is -5.38. The van der Waals surface area contributed by atoms with Crippen LogP contribution in [0.25, 0.3) is 0 Å². The van der Waals surface area contributed by atoms with Crippen LogP contribution in [-0.2, 0) is 29.4 Å². The smallest absolute Gasteiger partial charge is 0.494 e. The fourth-order valence-electron chi connectivity index (χ4n) is 2.55. The molecule has 0 aliphatic heterocycles. The average molecular weight is 529 g/mol. The van der Waals surface area contributed by atoms with Crippen molar-refractivity contribution in [2.24, 2.45) is 0 Å². The number of unbranched alkanes of at least 4 members (excludes halogenated alkanes) is 1. The van der Waals surface area contributed by atoms with Crippen molar-refractivity contribution >= 4 is 27.8 Å². The van der Waals surface area contributed by atoms with Gasteiger partial charge in [0.05, 0.1) is 24.0 Å². The molecule has 0 unspecified atom stereocenters. The summed E-state index contributed by atoms with van der Waals surface area (Å²) in [4.78, 5) is 33.1. The Kier molecular flexibility index (Phi) is 10.5. The van der Waals surface area contributed by atoms with Crippen LogP contribution in [-0.4, -0.2) is 50.7 Å². The number of rotatable bonds is 12. The van der Waals surface area contributed by atoms with Crippen LogP contribution in [0.5, 0.6) is 5.75 Å². The number of nitrogens with one attached hydrogen (secondary N) is 2. The topological polar surface area (TPSA) is 133 Å². The van der Waals surface area contributed by atoms with Crippen molar-refractivity contribution in [2.75, 3.05) is 18.5 Å². The molecule has 1 atom stereocenters. The highest BCUT2D eigenvalue weighted by Gasteiger charge is 2.43. The Bertz CT molecular complexity index is 1170. The van der Waals surface area contributed by atoms with Gasteiger partial charge in [-0.25, -0.2) is 32.8 Å². The third-order valence-corrected chi connectivity index (χ3v) is 5.71. The monoisotopic (exact) mass is 529 g/mol. The van der Waals surface area contributed by atoms with Gasteiger partial charge in [-0.15, -0.1) is 6.42 Å². The first-order valence-electron chi connectivity index (χ1n) is 10.4. The van der Waals surface area contributed by atoms with E-state index in [9.17, 15) is 31.2 Å². The quantitative estimate of drug-likeness (QED) is 0.184. The minimum absolute atomic E-state index is 0.228. The molecule has 0 bridgehead atoms. The third-order valence-electron chi connectivity index (χ3n) is 4.24. The molecule has 0 aliphatic carbocycles. The van der Waals surface area contributed by atoms with Gasteiger partial charge in [0.1, 0.15) is 11.6 Å². The molecule has 0 fully saturated rings. The van der Waals surface area contributed by atoms with Crippen molar-refractivity contribution in [3.8, 4) is 18.1 Å². The van der Waals surface area contributed by atoms with Crippen LogP contribution < -0.4 is 14.8 Å². The molecule has 0 spiro atoms. The number of sulfonamides is 1. The molecular formula is C22H22F3N3O7S. The number of terminal acetylenes is 1. The van der Waals surface area contributed by atoms with Crippen LogP contribution in [0, 0.1) is 12.3 Å². The van der Waals surface area contributed by atoms with Gasteiger partial charge in [-0.3, -0.25) is 0 Å². The van der Waals surface area contributed by atoms with Crippen LogP contribution >= 0.6 is 0 Å². The first kappa shape index (κ1) is 28.4. The maximum atomic E-state index is 12.6. The van der Waals surface area contributed by atoms with Gasteiger partial charge in [-0.05, 0) is 37.1 Å². The molecule has 0 radical (unpaired) electrons. The summed E-state index contributed by atoms with van der Waals surface area (Å²) in [5, 5.41) is 3.15. The van der Waals surface area contributed by atoms with Crippen LogP contribution in [0.15, 0.2) is 53.6 Å². The molecule has 0 amide bonds. The van der Waals surface area contributed by atoms with Gasteiger partial charge in [0.25, 0.3) is 0 Å². The summed E-state index contributed by atoms with van der Waals surface area (Å²) in [7, 11) is -4.25. The number of carbonyl (C=O) groups is 2. The highest BCUT2D eigenvalue weighted by molar-refractivity contribution is 7.89. The summed E-state index contributed by atoms with van der Waals surface area (Å²) < 4.78 is 69.0. The number of halogens is 3. The number of pyridine rings is 1. The number of aromatic nitrogens is 1. The van der Waals surface area contributed by atoms with Gasteiger partial charge in [-0.1, -0.05) is 18.1 Å². The predicted molar refractivity (Wildman–Crippen MR) is 120 cm³/mol. The highest BCUT2D eigenvalue weighted by atomic mass is 32.2. The number of alkyl halides is 3. The van der Waals surface area contributed by atoms with E-state index in [1.54, 1.807) is 12.3 Å². The van der Waals surface area contributed by atoms with E-state index >= 15 is 0 Å². The summed E-state index contributed by atoms with van der Waals surface area (Å²) >= 11 is 0. The van der Waals surface area contributed by atoms with E-state index in [4.69, 9.17) is 11.2 Å². The van der Waals surface area contributed by atoms with Crippen LogP contribution in [0.3, 0.4) is 0 Å². The zero-order valence-electron chi connectivity index (χ0n) is 18.7. The Labute approximate surface area is 205 Å². The van der Waals surface area contributed by atoms with Gasteiger partial charge in [-0.2, -0.15) is 17.9 Å². The van der Waals surface area contributed by atoms with Crippen molar-refractivity contribution in [1.82, 2.24) is 9.71 Å². The molecular weight excluding hydrogens is 507 g/mol. The van der Waals surface area contributed by atoms with E-state index in [0.29, 0.717) is 19.6 Å². The van der Waals surface area contributed by atoms with E-state index in [2.05, 4.69) is 20.1 Å². The summed E-state index contributed by atoms with van der Waals surface area (Å²) in [6.45, 7) is 0.986. The van der Waals surface area contributed by atoms with Crippen LogP contribution in [0.1, 0.15) is 19.3 Å². The third kappa shape index (κ3) is 9.80. The Hall–Kier alpha value is -3.83. The lowest BCUT2D eigenvalue weighted by Crippen LogP contribution is -2.36. The lowest BCUT2D eigenvalue weighted by Gasteiger charge is -2.14. The molecule has 1 heterocycles. The number of benzene rings is 1. The van der Waals surface area contributed by atoms with Gasteiger partial charge in [0.15, 0.2) is 0 Å². The maximum absolute atomic E-state index is 12.6. The average Bonchev–Trinajstić information content (AvgIpc) is 2.84. The van der Waals surface area contributed by atoms with E-state index in [1.807, 2.05) is 28.8 Å². The van der Waals surface area contributed by atoms with Crippen molar-refractivity contribution in [1.29, 1.82) is 0 Å². The number of ether oxygens (including phenoxy) is 1. The molecule has 0 aliphatic rings. The lowest BCUT2D eigenvalue weighted by atomic mass is 10.2. The maximum Gasteiger partial charge on any atom is 0.495 e. The molecule has 0 saturated carbocycles. The molecule has 2 N–H and O–H groups in total. The molecule has 194 valence electrons. The lowest BCUT2D eigenvalue weighted by molar-refractivity contribution is -0.285. The first-order valence-corrected chi connectivity index (χ1v) is 11.8. The van der Waals surface area contributed by atoms with Crippen LogP contribution in [0.2, 0.25) is 0 Å². The second kappa shape index (κ2) is 13.3. The van der Waals surface area contributed by atoms with E-state index in [0.717, 1.165) is 12.2 Å². The van der Waals surface area contributed by atoms with Gasteiger partial charge in [0.2, 0.25) is 10.0 Å². The molecule has 10 nitrogen and oxygen atoms in total. The van der Waals surface area contributed by atoms with E-state index in [1.165, 1.54) is 18.2 Å². The Morgan fingerprint density at radius 1 is 1.11 bits per heavy atom. The Morgan fingerprint density at radius 3 is 2.56 bits per heavy atom. The normalized spacial score (nSPS) is 12.2. The standard InChI is InChI=1S/C22H22F3N3O7S/c1-2-16(14-20(29)34-35-21(30)22(23,24)25)28-36(31,32)18-9-7-8-17(15-18)33-13-6-5-12-27-19-10-3-4-11-26-19/h1,3-4,7-11,15-16,28H,5-6,12-14H2,(H,26,27)/t16-/m1/s1. The first-order chi connectivity index (χ1) is 17.0.